The minimum absolute atomic E-state index is 0.251. The van der Waals surface area contributed by atoms with Crippen molar-refractivity contribution in [2.24, 2.45) is 0 Å². The van der Waals surface area contributed by atoms with E-state index in [1.54, 1.807) is 35.2 Å². The standard InChI is InChI=1S/C21H15BrFN3S2/c1-13-20(28-21(24-13)15-4-8-17(23)9-5-15)18-10-11-19(26-25-18)27-12-14-2-6-16(22)7-3-14/h2-11H,12H2,1H3. The normalized spacial score (nSPS) is 11.0. The van der Waals surface area contributed by atoms with Crippen LogP contribution in [0.3, 0.4) is 0 Å². The van der Waals surface area contributed by atoms with Crippen molar-refractivity contribution in [3.05, 3.63) is 82.2 Å². The quantitative estimate of drug-likeness (QED) is 0.301. The number of aryl methyl sites for hydroxylation is 1. The van der Waals surface area contributed by atoms with Crippen molar-refractivity contribution < 1.29 is 4.39 Å². The SMILES string of the molecule is Cc1nc(-c2ccc(F)cc2)sc1-c1ccc(SCc2ccc(Br)cc2)nn1. The Labute approximate surface area is 179 Å². The van der Waals surface area contributed by atoms with E-state index in [0.717, 1.165) is 42.1 Å². The fourth-order valence-corrected chi connectivity index (χ4v) is 4.68. The number of benzene rings is 2. The van der Waals surface area contributed by atoms with Crippen molar-refractivity contribution in [2.45, 2.75) is 17.7 Å². The summed E-state index contributed by atoms with van der Waals surface area (Å²) in [5.74, 6) is 0.592. The highest BCUT2D eigenvalue weighted by Crippen LogP contribution is 2.34. The fraction of sp³-hybridized carbons (Fsp3) is 0.0952. The van der Waals surface area contributed by atoms with Gasteiger partial charge in [-0.15, -0.1) is 21.5 Å². The molecule has 0 amide bonds. The number of rotatable bonds is 5. The molecule has 0 saturated carbocycles. The zero-order valence-electron chi connectivity index (χ0n) is 14.9. The van der Waals surface area contributed by atoms with E-state index in [1.165, 1.54) is 17.7 Å². The van der Waals surface area contributed by atoms with Crippen LogP contribution in [-0.4, -0.2) is 15.2 Å². The molecule has 4 rings (SSSR count). The average molecular weight is 472 g/mol. The van der Waals surface area contributed by atoms with Gasteiger partial charge in [0.05, 0.1) is 10.6 Å². The lowest BCUT2D eigenvalue weighted by molar-refractivity contribution is 0.628. The predicted octanol–water partition coefficient (Wildman–Crippen LogP) is 6.77. The van der Waals surface area contributed by atoms with Crippen molar-refractivity contribution in [3.63, 3.8) is 0 Å². The van der Waals surface area contributed by atoms with Gasteiger partial charge in [0, 0.05) is 15.8 Å². The molecule has 0 aliphatic rings. The van der Waals surface area contributed by atoms with Crippen molar-refractivity contribution in [2.75, 3.05) is 0 Å². The Hall–Kier alpha value is -2.09. The van der Waals surface area contributed by atoms with Crippen LogP contribution in [0.25, 0.3) is 21.1 Å². The van der Waals surface area contributed by atoms with Gasteiger partial charge in [-0.25, -0.2) is 9.37 Å². The van der Waals surface area contributed by atoms with E-state index in [1.807, 2.05) is 31.2 Å². The maximum atomic E-state index is 13.1. The molecule has 28 heavy (non-hydrogen) atoms. The molecule has 0 aliphatic heterocycles. The molecule has 0 saturated heterocycles. The first-order valence-corrected chi connectivity index (χ1v) is 11.1. The molecule has 0 fully saturated rings. The van der Waals surface area contributed by atoms with Gasteiger partial charge in [0.2, 0.25) is 0 Å². The van der Waals surface area contributed by atoms with Gasteiger partial charge < -0.3 is 0 Å². The number of thioether (sulfide) groups is 1. The van der Waals surface area contributed by atoms with Crippen LogP contribution in [0, 0.1) is 12.7 Å². The summed E-state index contributed by atoms with van der Waals surface area (Å²) in [7, 11) is 0. The zero-order chi connectivity index (χ0) is 19.5. The van der Waals surface area contributed by atoms with Crippen LogP contribution < -0.4 is 0 Å². The van der Waals surface area contributed by atoms with E-state index in [2.05, 4.69) is 43.2 Å². The van der Waals surface area contributed by atoms with Crippen LogP contribution in [0.15, 0.2) is 70.2 Å². The van der Waals surface area contributed by atoms with Crippen molar-refractivity contribution >= 4 is 39.0 Å². The Balaban J connectivity index is 1.49. The summed E-state index contributed by atoms with van der Waals surface area (Å²) in [5.41, 5.74) is 3.84. The lowest BCUT2D eigenvalue weighted by Gasteiger charge is -2.02. The third kappa shape index (κ3) is 4.48. The smallest absolute Gasteiger partial charge is 0.124 e. The molecule has 0 aliphatic carbocycles. The predicted molar refractivity (Wildman–Crippen MR) is 117 cm³/mol. The van der Waals surface area contributed by atoms with E-state index >= 15 is 0 Å². The minimum Gasteiger partial charge on any atom is -0.241 e. The van der Waals surface area contributed by atoms with Crippen LogP contribution in [0.2, 0.25) is 0 Å². The number of thiazole rings is 1. The first kappa shape index (κ1) is 19.2. The van der Waals surface area contributed by atoms with Gasteiger partial charge in [0.1, 0.15) is 21.5 Å². The highest BCUT2D eigenvalue weighted by atomic mass is 79.9. The van der Waals surface area contributed by atoms with Gasteiger partial charge in [-0.1, -0.05) is 39.8 Å². The maximum absolute atomic E-state index is 13.1. The maximum Gasteiger partial charge on any atom is 0.124 e. The molecule has 0 unspecified atom stereocenters. The van der Waals surface area contributed by atoms with Crippen molar-refractivity contribution in [1.29, 1.82) is 0 Å². The molecule has 2 aromatic heterocycles. The molecule has 0 spiro atoms. The second kappa shape index (κ2) is 8.51. The summed E-state index contributed by atoms with van der Waals surface area (Å²) in [6, 6.07) is 18.6. The van der Waals surface area contributed by atoms with Crippen LogP contribution >= 0.6 is 39.0 Å². The lowest BCUT2D eigenvalue weighted by Crippen LogP contribution is -1.90. The number of hydrogen-bond donors (Lipinski definition) is 0. The van der Waals surface area contributed by atoms with Crippen LogP contribution in [0.5, 0.6) is 0 Å². The first-order chi connectivity index (χ1) is 13.6. The third-order valence-corrected chi connectivity index (χ3v) is 6.81. The third-order valence-electron chi connectivity index (χ3n) is 4.06. The Kier molecular flexibility index (Phi) is 5.85. The Morgan fingerprint density at radius 2 is 1.71 bits per heavy atom. The molecule has 140 valence electrons. The summed E-state index contributed by atoms with van der Waals surface area (Å²) < 4.78 is 14.2. The van der Waals surface area contributed by atoms with Crippen molar-refractivity contribution in [3.8, 4) is 21.1 Å². The summed E-state index contributed by atoms with van der Waals surface area (Å²) >= 11 is 6.64. The molecule has 3 nitrogen and oxygen atoms in total. The van der Waals surface area contributed by atoms with Crippen LogP contribution in [0.1, 0.15) is 11.3 Å². The van der Waals surface area contributed by atoms with E-state index in [4.69, 9.17) is 0 Å². The molecule has 2 aromatic carbocycles. The zero-order valence-corrected chi connectivity index (χ0v) is 18.1. The number of nitrogens with zero attached hydrogens (tertiary/aromatic N) is 3. The summed E-state index contributed by atoms with van der Waals surface area (Å²) in [4.78, 5) is 5.59. The van der Waals surface area contributed by atoms with E-state index in [0.29, 0.717) is 0 Å². The lowest BCUT2D eigenvalue weighted by atomic mass is 10.2. The fourth-order valence-electron chi connectivity index (χ4n) is 2.61. The average Bonchev–Trinajstić information content (AvgIpc) is 3.10. The summed E-state index contributed by atoms with van der Waals surface area (Å²) in [6.07, 6.45) is 0. The van der Waals surface area contributed by atoms with Gasteiger partial charge in [-0.2, -0.15) is 0 Å². The molecular formula is C21H15BrFN3S2. The Morgan fingerprint density at radius 1 is 0.964 bits per heavy atom. The van der Waals surface area contributed by atoms with E-state index in [-0.39, 0.29) is 5.82 Å². The van der Waals surface area contributed by atoms with Crippen molar-refractivity contribution in [1.82, 2.24) is 15.2 Å². The second-order valence-corrected chi connectivity index (χ2v) is 9.02. The highest BCUT2D eigenvalue weighted by molar-refractivity contribution is 9.10. The van der Waals surface area contributed by atoms with Gasteiger partial charge in [0.25, 0.3) is 0 Å². The van der Waals surface area contributed by atoms with Gasteiger partial charge in [0.15, 0.2) is 0 Å². The highest BCUT2D eigenvalue weighted by Gasteiger charge is 2.13. The summed E-state index contributed by atoms with van der Waals surface area (Å²) in [6.45, 7) is 1.96. The molecule has 0 bridgehead atoms. The molecular weight excluding hydrogens is 457 g/mol. The van der Waals surface area contributed by atoms with Gasteiger partial charge in [-0.05, 0) is 61.0 Å². The number of hydrogen-bond acceptors (Lipinski definition) is 5. The molecule has 0 atom stereocenters. The first-order valence-electron chi connectivity index (χ1n) is 8.53. The van der Waals surface area contributed by atoms with E-state index in [9.17, 15) is 4.39 Å². The number of halogens is 2. The van der Waals surface area contributed by atoms with Gasteiger partial charge >= 0.3 is 0 Å². The topological polar surface area (TPSA) is 38.7 Å². The molecule has 2 heterocycles. The molecule has 0 N–H and O–H groups in total. The molecule has 4 aromatic rings. The molecule has 0 radical (unpaired) electrons. The summed E-state index contributed by atoms with van der Waals surface area (Å²) in [5, 5.41) is 10.5. The minimum atomic E-state index is -0.251. The van der Waals surface area contributed by atoms with E-state index < -0.39 is 0 Å². The monoisotopic (exact) mass is 471 g/mol. The largest absolute Gasteiger partial charge is 0.241 e. The second-order valence-electron chi connectivity index (χ2n) is 6.11. The van der Waals surface area contributed by atoms with Crippen LogP contribution in [-0.2, 0) is 5.75 Å². The number of aromatic nitrogens is 3. The molecule has 7 heteroatoms. The Bertz CT molecular complexity index is 1080. The van der Waals surface area contributed by atoms with Gasteiger partial charge in [-0.3, -0.25) is 0 Å². The van der Waals surface area contributed by atoms with Crippen LogP contribution in [0.4, 0.5) is 4.39 Å². The Morgan fingerprint density at radius 3 is 2.39 bits per heavy atom.